The number of sulfonamides is 1. The van der Waals surface area contributed by atoms with Crippen LogP contribution in [-0.4, -0.2) is 43.8 Å². The van der Waals surface area contributed by atoms with Gasteiger partial charge in [-0.25, -0.2) is 8.42 Å². The first-order valence-corrected chi connectivity index (χ1v) is 16.8. The molecule has 0 radical (unpaired) electrons. The highest BCUT2D eigenvalue weighted by Crippen LogP contribution is 2.30. The molecule has 0 bridgehead atoms. The van der Waals surface area contributed by atoms with Gasteiger partial charge in [0, 0.05) is 17.6 Å². The average Bonchev–Trinajstić information content (AvgIpc) is 2.97. The van der Waals surface area contributed by atoms with E-state index < -0.39 is 28.5 Å². The Kier molecular flexibility index (Phi) is 10.9. The van der Waals surface area contributed by atoms with Gasteiger partial charge in [0.25, 0.3) is 10.0 Å². The number of rotatable bonds is 11. The number of nitrogens with zero attached hydrogens (tertiary/aromatic N) is 2. The topological polar surface area (TPSA) is 86.8 Å². The summed E-state index contributed by atoms with van der Waals surface area (Å²) < 4.78 is 29.4. The molecule has 1 N–H and O–H groups in total. The van der Waals surface area contributed by atoms with Crippen molar-refractivity contribution in [1.29, 1.82) is 0 Å². The van der Waals surface area contributed by atoms with Gasteiger partial charge in [0.1, 0.15) is 12.6 Å². The highest BCUT2D eigenvalue weighted by molar-refractivity contribution is 7.92. The van der Waals surface area contributed by atoms with Crippen molar-refractivity contribution in [3.63, 3.8) is 0 Å². The van der Waals surface area contributed by atoms with Gasteiger partial charge >= 0.3 is 0 Å². The molecular formula is C34H42ClN3O4S. The van der Waals surface area contributed by atoms with Crippen LogP contribution in [0.2, 0.25) is 5.02 Å². The molecule has 43 heavy (non-hydrogen) atoms. The van der Waals surface area contributed by atoms with E-state index in [1.807, 2.05) is 45.0 Å². The number of hydrogen-bond donors (Lipinski definition) is 1. The lowest BCUT2D eigenvalue weighted by atomic mass is 9.95. The van der Waals surface area contributed by atoms with E-state index in [2.05, 4.69) is 5.32 Å². The number of aryl methyl sites for hydroxylation is 3. The molecule has 1 fully saturated rings. The van der Waals surface area contributed by atoms with Gasteiger partial charge in [0.2, 0.25) is 11.8 Å². The van der Waals surface area contributed by atoms with Gasteiger partial charge < -0.3 is 10.2 Å². The minimum Gasteiger partial charge on any atom is -0.352 e. The molecule has 9 heteroatoms. The third-order valence-electron chi connectivity index (χ3n) is 8.10. The fourth-order valence-electron chi connectivity index (χ4n) is 5.67. The number of anilines is 1. The van der Waals surface area contributed by atoms with Crippen molar-refractivity contribution < 1.29 is 18.0 Å². The van der Waals surface area contributed by atoms with Crippen LogP contribution in [0.1, 0.15) is 67.7 Å². The smallest absolute Gasteiger partial charge is 0.264 e. The first kappa shape index (κ1) is 32.6. The maximum atomic E-state index is 14.3. The molecule has 230 valence electrons. The maximum absolute atomic E-state index is 14.3. The van der Waals surface area contributed by atoms with Crippen molar-refractivity contribution in [2.45, 2.75) is 89.7 Å². The second-order valence-electron chi connectivity index (χ2n) is 11.5. The molecule has 3 aromatic rings. The van der Waals surface area contributed by atoms with Crippen molar-refractivity contribution in [2.75, 3.05) is 10.8 Å². The first-order chi connectivity index (χ1) is 20.5. The van der Waals surface area contributed by atoms with Crippen LogP contribution in [0.15, 0.2) is 71.6 Å². The molecule has 0 aliphatic heterocycles. The molecule has 1 atom stereocenters. The van der Waals surface area contributed by atoms with Crippen LogP contribution < -0.4 is 9.62 Å². The third-order valence-corrected chi connectivity index (χ3v) is 10.1. The zero-order valence-corrected chi connectivity index (χ0v) is 27.0. The Balaban J connectivity index is 1.74. The highest BCUT2D eigenvalue weighted by Gasteiger charge is 2.35. The zero-order chi connectivity index (χ0) is 31.1. The number of carbonyl (C=O) groups excluding carboxylic acids is 2. The molecule has 1 unspecified atom stereocenters. The largest absolute Gasteiger partial charge is 0.352 e. The van der Waals surface area contributed by atoms with Gasteiger partial charge in [0.15, 0.2) is 0 Å². The molecule has 0 heterocycles. The molecule has 4 rings (SSSR count). The lowest BCUT2D eigenvalue weighted by molar-refractivity contribution is -0.140. The summed E-state index contributed by atoms with van der Waals surface area (Å²) in [5.41, 5.74) is 3.78. The van der Waals surface area contributed by atoms with Crippen molar-refractivity contribution >= 4 is 39.1 Å². The van der Waals surface area contributed by atoms with E-state index in [4.69, 9.17) is 11.6 Å². The van der Waals surface area contributed by atoms with Crippen LogP contribution >= 0.6 is 11.6 Å². The zero-order valence-electron chi connectivity index (χ0n) is 25.5. The van der Waals surface area contributed by atoms with E-state index in [-0.39, 0.29) is 23.4 Å². The monoisotopic (exact) mass is 623 g/mol. The molecule has 0 saturated heterocycles. The molecule has 2 amide bonds. The molecule has 1 aliphatic carbocycles. The van der Waals surface area contributed by atoms with Crippen LogP contribution in [0, 0.1) is 20.8 Å². The van der Waals surface area contributed by atoms with Crippen LogP contribution in [0.4, 0.5) is 5.69 Å². The normalized spacial score (nSPS) is 14.6. The van der Waals surface area contributed by atoms with E-state index in [0.29, 0.717) is 22.7 Å². The van der Waals surface area contributed by atoms with E-state index in [1.54, 1.807) is 49.4 Å². The first-order valence-electron chi connectivity index (χ1n) is 15.0. The standard InChI is InChI=1S/C34H42ClN3O4S/c1-5-31(34(40)36-29-12-7-6-8-13-29)37(22-27-11-9-10-25(3)20-27)33(39)23-38(32-21-28(35)17-16-26(32)4)43(41,42)30-18-14-24(2)15-19-30/h9-11,14-21,29,31H,5-8,12-13,22-23H2,1-4H3,(H,36,40). The molecule has 1 saturated carbocycles. The summed E-state index contributed by atoms with van der Waals surface area (Å²) in [6.07, 6.45) is 5.53. The molecule has 1 aliphatic rings. The minimum absolute atomic E-state index is 0.0672. The van der Waals surface area contributed by atoms with Crippen molar-refractivity contribution in [2.24, 2.45) is 0 Å². The molecule has 0 spiro atoms. The lowest BCUT2D eigenvalue weighted by Crippen LogP contribution is -2.54. The molecule has 7 nitrogen and oxygen atoms in total. The summed E-state index contributed by atoms with van der Waals surface area (Å²) in [6, 6.07) is 18.6. The average molecular weight is 624 g/mol. The van der Waals surface area contributed by atoms with Gasteiger partial charge in [-0.15, -0.1) is 0 Å². The Labute approximate surface area is 261 Å². The van der Waals surface area contributed by atoms with Crippen molar-refractivity contribution in [3.8, 4) is 0 Å². The van der Waals surface area contributed by atoms with Crippen molar-refractivity contribution in [3.05, 3.63) is 94.0 Å². The fourth-order valence-corrected chi connectivity index (χ4v) is 7.31. The number of carbonyl (C=O) groups is 2. The third kappa shape index (κ3) is 8.18. The Hall–Kier alpha value is -3.36. The minimum atomic E-state index is -4.17. The summed E-state index contributed by atoms with van der Waals surface area (Å²) in [6.45, 7) is 7.20. The van der Waals surface area contributed by atoms with E-state index in [9.17, 15) is 18.0 Å². The van der Waals surface area contributed by atoms with E-state index in [1.165, 1.54) is 4.90 Å². The molecule has 0 aromatic heterocycles. The van der Waals surface area contributed by atoms with E-state index >= 15 is 0 Å². The summed E-state index contributed by atoms with van der Waals surface area (Å²) >= 11 is 6.34. The number of hydrogen-bond acceptors (Lipinski definition) is 4. The predicted molar refractivity (Wildman–Crippen MR) is 173 cm³/mol. The second kappa shape index (κ2) is 14.4. The number of amides is 2. The van der Waals surface area contributed by atoms with Crippen LogP contribution in [0.25, 0.3) is 0 Å². The summed E-state index contributed by atoms with van der Waals surface area (Å²) in [7, 11) is -4.17. The number of nitrogens with one attached hydrogen (secondary N) is 1. The fraction of sp³-hybridized carbons (Fsp3) is 0.412. The Morgan fingerprint density at radius 3 is 2.28 bits per heavy atom. The van der Waals surface area contributed by atoms with Gasteiger partial charge in [0.05, 0.1) is 10.6 Å². The number of halogens is 1. The summed E-state index contributed by atoms with van der Waals surface area (Å²) in [5.74, 6) is -0.676. The Bertz CT molecular complexity index is 1540. The van der Waals surface area contributed by atoms with E-state index in [0.717, 1.165) is 53.1 Å². The van der Waals surface area contributed by atoms with Crippen molar-refractivity contribution in [1.82, 2.24) is 10.2 Å². The lowest BCUT2D eigenvalue weighted by Gasteiger charge is -2.35. The summed E-state index contributed by atoms with van der Waals surface area (Å²) in [5, 5.41) is 3.54. The summed E-state index contributed by atoms with van der Waals surface area (Å²) in [4.78, 5) is 29.6. The number of benzene rings is 3. The second-order valence-corrected chi connectivity index (χ2v) is 13.8. The Morgan fingerprint density at radius 1 is 0.930 bits per heavy atom. The quantitative estimate of drug-likeness (QED) is 0.257. The van der Waals surface area contributed by atoms with Crippen LogP contribution in [-0.2, 0) is 26.2 Å². The Morgan fingerprint density at radius 2 is 1.63 bits per heavy atom. The predicted octanol–water partition coefficient (Wildman–Crippen LogP) is 6.72. The maximum Gasteiger partial charge on any atom is 0.264 e. The SMILES string of the molecule is CCC(C(=O)NC1CCCCC1)N(Cc1cccc(C)c1)C(=O)CN(c1cc(Cl)ccc1C)S(=O)(=O)c1ccc(C)cc1. The van der Waals surface area contributed by atoms with Gasteiger partial charge in [-0.2, -0.15) is 0 Å². The molecule has 3 aromatic carbocycles. The molecular weight excluding hydrogens is 582 g/mol. The van der Waals surface area contributed by atoms with Crippen LogP contribution in [0.5, 0.6) is 0 Å². The van der Waals surface area contributed by atoms with Gasteiger partial charge in [-0.3, -0.25) is 13.9 Å². The highest BCUT2D eigenvalue weighted by atomic mass is 35.5. The van der Waals surface area contributed by atoms with Gasteiger partial charge in [-0.1, -0.05) is 91.4 Å². The van der Waals surface area contributed by atoms with Crippen LogP contribution in [0.3, 0.4) is 0 Å². The van der Waals surface area contributed by atoms with Gasteiger partial charge in [-0.05, 0) is 75.4 Å².